The number of carbonyl (C=O) groups is 1. The van der Waals surface area contributed by atoms with E-state index in [1.54, 1.807) is 0 Å². The van der Waals surface area contributed by atoms with Gasteiger partial charge in [-0.1, -0.05) is 18.2 Å². The Morgan fingerprint density at radius 1 is 1.33 bits per heavy atom. The van der Waals surface area contributed by atoms with Gasteiger partial charge in [-0.2, -0.15) is 0 Å². The highest BCUT2D eigenvalue weighted by Gasteiger charge is 2.50. The Hall–Kier alpha value is -1.64. The number of amides is 1. The summed E-state index contributed by atoms with van der Waals surface area (Å²) in [7, 11) is 0. The second kappa shape index (κ2) is 3.67. The zero-order chi connectivity index (χ0) is 12.9. The van der Waals surface area contributed by atoms with E-state index in [0.29, 0.717) is 6.42 Å². The molecule has 2 heterocycles. The predicted octanol–water partition coefficient (Wildman–Crippen LogP) is 2.67. The van der Waals surface area contributed by atoms with Gasteiger partial charge in [0.2, 0.25) is 5.91 Å². The van der Waals surface area contributed by atoms with Crippen molar-refractivity contribution in [1.82, 2.24) is 4.90 Å². The fraction of sp³-hybridized carbons (Fsp3) is 0.467. The second-order valence-corrected chi connectivity index (χ2v) is 5.59. The van der Waals surface area contributed by atoms with Crippen LogP contribution in [0.15, 0.2) is 29.3 Å². The molecule has 94 valence electrons. The first-order chi connectivity index (χ1) is 8.54. The fourth-order valence-corrected chi connectivity index (χ4v) is 3.15. The van der Waals surface area contributed by atoms with Crippen LogP contribution < -0.4 is 0 Å². The predicted molar refractivity (Wildman–Crippen MR) is 72.4 cm³/mol. The molecule has 1 fully saturated rings. The molecular formula is C15H18N2O. The third-order valence-corrected chi connectivity index (χ3v) is 4.24. The minimum absolute atomic E-state index is 0.169. The third-order valence-electron chi connectivity index (χ3n) is 4.24. The van der Waals surface area contributed by atoms with Crippen LogP contribution in [0.25, 0.3) is 0 Å². The maximum Gasteiger partial charge on any atom is 0.224 e. The minimum Gasteiger partial charge on any atom is -0.339 e. The summed E-state index contributed by atoms with van der Waals surface area (Å²) >= 11 is 0. The van der Waals surface area contributed by atoms with Crippen LogP contribution in [0.1, 0.15) is 32.8 Å². The topological polar surface area (TPSA) is 32.7 Å². The highest BCUT2D eigenvalue weighted by Crippen LogP contribution is 2.46. The molecule has 2 aliphatic heterocycles. The largest absolute Gasteiger partial charge is 0.339 e. The molecular weight excluding hydrogens is 224 g/mol. The molecule has 1 atom stereocenters. The number of rotatable bonds is 1. The molecule has 0 radical (unpaired) electrons. The average Bonchev–Trinajstić information content (AvgIpc) is 2.81. The number of fused-ring (bicyclic) bond motifs is 2. The summed E-state index contributed by atoms with van der Waals surface area (Å²) < 4.78 is 0. The molecule has 0 aliphatic carbocycles. The molecule has 0 bridgehead atoms. The van der Waals surface area contributed by atoms with Gasteiger partial charge in [0.15, 0.2) is 0 Å². The van der Waals surface area contributed by atoms with Crippen molar-refractivity contribution in [2.24, 2.45) is 4.99 Å². The Morgan fingerprint density at radius 3 is 2.72 bits per heavy atom. The molecule has 1 aromatic rings. The van der Waals surface area contributed by atoms with Crippen LogP contribution in [0.3, 0.4) is 0 Å². The van der Waals surface area contributed by atoms with Crippen LogP contribution in [0, 0.1) is 0 Å². The smallest absolute Gasteiger partial charge is 0.224 e. The zero-order valence-corrected chi connectivity index (χ0v) is 11.1. The zero-order valence-electron chi connectivity index (χ0n) is 11.1. The molecule has 1 unspecified atom stereocenters. The lowest BCUT2D eigenvalue weighted by Gasteiger charge is -2.27. The van der Waals surface area contributed by atoms with E-state index in [4.69, 9.17) is 0 Å². The molecule has 1 saturated heterocycles. The molecule has 0 N–H and O–H groups in total. The van der Waals surface area contributed by atoms with Gasteiger partial charge in [-0.15, -0.1) is 0 Å². The van der Waals surface area contributed by atoms with Gasteiger partial charge >= 0.3 is 0 Å². The molecule has 2 aliphatic rings. The van der Waals surface area contributed by atoms with Crippen molar-refractivity contribution in [1.29, 1.82) is 0 Å². The maximum atomic E-state index is 12.2. The SMILES string of the molecule is CC1=Nc2ccccc2C12CC(=O)N(C(C)C)C2. The number of likely N-dealkylation sites (tertiary alicyclic amines) is 1. The summed E-state index contributed by atoms with van der Waals surface area (Å²) in [5.41, 5.74) is 3.17. The summed E-state index contributed by atoms with van der Waals surface area (Å²) in [6, 6.07) is 8.46. The van der Waals surface area contributed by atoms with Gasteiger partial charge in [-0.25, -0.2) is 0 Å². The summed E-state index contributed by atoms with van der Waals surface area (Å²) in [5, 5.41) is 0. The van der Waals surface area contributed by atoms with E-state index in [9.17, 15) is 4.79 Å². The quantitative estimate of drug-likeness (QED) is 0.745. The molecule has 3 rings (SSSR count). The van der Waals surface area contributed by atoms with E-state index in [0.717, 1.165) is 17.9 Å². The average molecular weight is 242 g/mol. The number of para-hydroxylation sites is 1. The summed E-state index contributed by atoms with van der Waals surface area (Å²) in [4.78, 5) is 18.8. The number of nitrogens with zero attached hydrogens (tertiary/aromatic N) is 2. The number of carbonyl (C=O) groups excluding carboxylic acids is 1. The maximum absolute atomic E-state index is 12.2. The van der Waals surface area contributed by atoms with Crippen LogP contribution in [0.4, 0.5) is 5.69 Å². The van der Waals surface area contributed by atoms with Crippen molar-refractivity contribution in [2.45, 2.75) is 38.6 Å². The van der Waals surface area contributed by atoms with Gasteiger partial charge in [0, 0.05) is 24.7 Å². The van der Waals surface area contributed by atoms with Crippen molar-refractivity contribution in [2.75, 3.05) is 6.54 Å². The van der Waals surface area contributed by atoms with Crippen molar-refractivity contribution in [3.8, 4) is 0 Å². The molecule has 0 saturated carbocycles. The Balaban J connectivity index is 2.08. The van der Waals surface area contributed by atoms with Gasteiger partial charge in [0.1, 0.15) is 0 Å². The Morgan fingerprint density at radius 2 is 2.06 bits per heavy atom. The van der Waals surface area contributed by atoms with E-state index >= 15 is 0 Å². The normalized spacial score (nSPS) is 26.1. The molecule has 18 heavy (non-hydrogen) atoms. The minimum atomic E-state index is -0.169. The van der Waals surface area contributed by atoms with E-state index in [2.05, 4.69) is 31.8 Å². The summed E-state index contributed by atoms with van der Waals surface area (Å²) in [5.74, 6) is 0.247. The molecule has 0 aromatic heterocycles. The fourth-order valence-electron chi connectivity index (χ4n) is 3.15. The summed E-state index contributed by atoms with van der Waals surface area (Å²) in [6.07, 6.45) is 0.567. The van der Waals surface area contributed by atoms with Gasteiger partial charge in [0.05, 0.1) is 11.1 Å². The molecule has 3 nitrogen and oxygen atoms in total. The number of benzene rings is 1. The highest BCUT2D eigenvalue weighted by molar-refractivity contribution is 6.05. The van der Waals surface area contributed by atoms with Crippen LogP contribution in [-0.2, 0) is 10.2 Å². The van der Waals surface area contributed by atoms with Crippen molar-refractivity contribution < 1.29 is 4.79 Å². The van der Waals surface area contributed by atoms with Crippen LogP contribution >= 0.6 is 0 Å². The Kier molecular flexibility index (Phi) is 2.34. The number of aliphatic imine (C=N–C) groups is 1. The first-order valence-corrected chi connectivity index (χ1v) is 6.49. The van der Waals surface area contributed by atoms with Crippen LogP contribution in [0.2, 0.25) is 0 Å². The lowest BCUT2D eigenvalue weighted by atomic mass is 9.77. The van der Waals surface area contributed by atoms with Gasteiger partial charge in [-0.05, 0) is 32.4 Å². The van der Waals surface area contributed by atoms with E-state index in [1.165, 1.54) is 5.56 Å². The number of hydrogen-bond acceptors (Lipinski definition) is 2. The van der Waals surface area contributed by atoms with Crippen LogP contribution in [-0.4, -0.2) is 29.1 Å². The lowest BCUT2D eigenvalue weighted by molar-refractivity contribution is -0.129. The molecule has 3 heteroatoms. The summed E-state index contributed by atoms with van der Waals surface area (Å²) in [6.45, 7) is 6.97. The highest BCUT2D eigenvalue weighted by atomic mass is 16.2. The van der Waals surface area contributed by atoms with Gasteiger partial charge in [0.25, 0.3) is 0 Å². The van der Waals surface area contributed by atoms with Gasteiger partial charge in [-0.3, -0.25) is 9.79 Å². The standard InChI is InChI=1S/C15H18N2O/c1-10(2)17-9-15(8-14(17)18)11(3)16-13-7-5-4-6-12(13)15/h4-7,10H,8-9H2,1-3H3. The monoisotopic (exact) mass is 242 g/mol. The van der Waals surface area contributed by atoms with E-state index in [1.807, 2.05) is 23.1 Å². The van der Waals surface area contributed by atoms with Crippen molar-refractivity contribution in [3.63, 3.8) is 0 Å². The van der Waals surface area contributed by atoms with E-state index < -0.39 is 0 Å². The Bertz CT molecular complexity index is 547. The Labute approximate surface area is 108 Å². The lowest BCUT2D eigenvalue weighted by Crippen LogP contribution is -2.38. The molecule has 1 aromatic carbocycles. The van der Waals surface area contributed by atoms with Crippen LogP contribution in [0.5, 0.6) is 0 Å². The molecule has 1 spiro atoms. The third kappa shape index (κ3) is 1.36. The molecule has 1 amide bonds. The van der Waals surface area contributed by atoms with Crippen molar-refractivity contribution in [3.05, 3.63) is 29.8 Å². The second-order valence-electron chi connectivity index (χ2n) is 5.59. The van der Waals surface area contributed by atoms with E-state index in [-0.39, 0.29) is 17.4 Å². The van der Waals surface area contributed by atoms with Gasteiger partial charge < -0.3 is 4.90 Å². The van der Waals surface area contributed by atoms with Crippen molar-refractivity contribution >= 4 is 17.3 Å². The first kappa shape index (κ1) is 11.5. The first-order valence-electron chi connectivity index (χ1n) is 6.49. The number of hydrogen-bond donors (Lipinski definition) is 0.